The lowest BCUT2D eigenvalue weighted by Gasteiger charge is -2.20. The van der Waals surface area contributed by atoms with Gasteiger partial charge in [-0.1, -0.05) is 24.4 Å². The first-order chi connectivity index (χ1) is 12.2. The van der Waals surface area contributed by atoms with Crippen LogP contribution in [0.25, 0.3) is 11.3 Å². The van der Waals surface area contributed by atoms with Crippen LogP contribution in [0, 0.1) is 0 Å². The maximum atomic E-state index is 6.30. The molecule has 2 N–H and O–H groups in total. The highest BCUT2D eigenvalue weighted by atomic mass is 35.5. The van der Waals surface area contributed by atoms with Crippen molar-refractivity contribution in [2.45, 2.75) is 38.2 Å². The molecule has 1 saturated heterocycles. The summed E-state index contributed by atoms with van der Waals surface area (Å²) in [5, 5.41) is 9.62. The van der Waals surface area contributed by atoms with Gasteiger partial charge >= 0.3 is 0 Å². The third-order valence-corrected chi connectivity index (χ3v) is 5.20. The van der Waals surface area contributed by atoms with Crippen molar-refractivity contribution in [1.29, 1.82) is 0 Å². The highest BCUT2D eigenvalue weighted by Crippen LogP contribution is 2.40. The van der Waals surface area contributed by atoms with Gasteiger partial charge in [0.25, 0.3) is 0 Å². The summed E-state index contributed by atoms with van der Waals surface area (Å²) >= 11 is 6.30. The summed E-state index contributed by atoms with van der Waals surface area (Å²) in [6, 6.07) is 7.92. The van der Waals surface area contributed by atoms with Crippen LogP contribution >= 0.6 is 11.6 Å². The first kappa shape index (κ1) is 16.6. The molecular weight excluding hydrogens is 336 g/mol. The van der Waals surface area contributed by atoms with Crippen molar-refractivity contribution in [1.82, 2.24) is 10.2 Å². The Balaban J connectivity index is 1.63. The normalized spacial score (nSPS) is 20.1. The monoisotopic (exact) mass is 358 g/mol. The maximum Gasteiger partial charge on any atom is 0.151 e. The molecule has 4 rings (SSSR count). The minimum atomic E-state index is 0.0107. The van der Waals surface area contributed by atoms with Crippen molar-refractivity contribution in [2.24, 2.45) is 5.73 Å². The quantitative estimate of drug-likeness (QED) is 0.910. The number of anilines is 1. The fraction of sp³-hybridized carbons (Fsp3) is 0.474. The van der Waals surface area contributed by atoms with E-state index in [4.69, 9.17) is 22.1 Å². The summed E-state index contributed by atoms with van der Waals surface area (Å²) in [5.74, 6) is 1.79. The molecule has 25 heavy (non-hydrogen) atoms. The summed E-state index contributed by atoms with van der Waals surface area (Å²) < 4.78 is 6.00. The van der Waals surface area contributed by atoms with Crippen LogP contribution in [0.3, 0.4) is 0 Å². The number of benzene rings is 1. The lowest BCUT2D eigenvalue weighted by atomic mass is 10.0. The second-order valence-corrected chi connectivity index (χ2v) is 7.24. The molecule has 1 aromatic heterocycles. The van der Waals surface area contributed by atoms with E-state index in [-0.39, 0.29) is 6.10 Å². The Morgan fingerprint density at radius 2 is 1.92 bits per heavy atom. The molecular formula is C19H23ClN4O. The first-order valence-electron chi connectivity index (χ1n) is 9.03. The molecule has 2 aromatic rings. The van der Waals surface area contributed by atoms with E-state index in [0.29, 0.717) is 11.6 Å². The van der Waals surface area contributed by atoms with Crippen LogP contribution in [0.4, 0.5) is 5.82 Å². The van der Waals surface area contributed by atoms with Crippen LogP contribution in [0.1, 0.15) is 31.2 Å². The largest absolute Gasteiger partial charge is 0.488 e. The van der Waals surface area contributed by atoms with Gasteiger partial charge < -0.3 is 15.4 Å². The summed E-state index contributed by atoms with van der Waals surface area (Å²) in [4.78, 5) is 2.33. The van der Waals surface area contributed by atoms with Crippen molar-refractivity contribution < 1.29 is 4.74 Å². The lowest BCUT2D eigenvalue weighted by Crippen LogP contribution is -2.25. The Bertz CT molecular complexity index is 742. The lowest BCUT2D eigenvalue weighted by molar-refractivity contribution is 0.242. The number of aromatic nitrogens is 2. The van der Waals surface area contributed by atoms with Crippen molar-refractivity contribution in [2.75, 3.05) is 24.5 Å². The molecule has 1 atom stereocenters. The van der Waals surface area contributed by atoms with Crippen LogP contribution in [-0.2, 0) is 6.42 Å². The number of rotatable bonds is 3. The molecule has 3 heterocycles. The molecule has 0 radical (unpaired) electrons. The zero-order valence-electron chi connectivity index (χ0n) is 14.2. The van der Waals surface area contributed by atoms with Crippen LogP contribution < -0.4 is 15.4 Å². The average Bonchev–Trinajstić information content (AvgIpc) is 2.86. The number of ether oxygens (including phenoxy) is 1. The fourth-order valence-corrected chi connectivity index (χ4v) is 3.89. The standard InChI is InChI=1S/C19H23ClN4O/c20-14-9-13-10-15(12-21)25-19(13)16(11-14)17-5-6-18(23-22-17)24-7-3-1-2-4-8-24/h5-6,9,11,15H,1-4,7-8,10,12,21H2/t15-/m1/s1. The van der Waals surface area contributed by atoms with Crippen molar-refractivity contribution in [3.8, 4) is 17.0 Å². The van der Waals surface area contributed by atoms with E-state index < -0.39 is 0 Å². The minimum absolute atomic E-state index is 0.0107. The Morgan fingerprint density at radius 1 is 1.12 bits per heavy atom. The molecule has 0 aliphatic carbocycles. The van der Waals surface area contributed by atoms with E-state index in [9.17, 15) is 0 Å². The van der Waals surface area contributed by atoms with E-state index >= 15 is 0 Å². The van der Waals surface area contributed by atoms with Gasteiger partial charge in [0.1, 0.15) is 11.9 Å². The molecule has 2 aliphatic heterocycles. The number of fused-ring (bicyclic) bond motifs is 1. The Hall–Kier alpha value is -1.85. The van der Waals surface area contributed by atoms with E-state index in [1.807, 2.05) is 18.2 Å². The fourth-order valence-electron chi connectivity index (χ4n) is 3.65. The highest BCUT2D eigenvalue weighted by molar-refractivity contribution is 6.31. The average molecular weight is 359 g/mol. The number of nitrogens with two attached hydrogens (primary N) is 1. The first-order valence-corrected chi connectivity index (χ1v) is 9.40. The zero-order valence-corrected chi connectivity index (χ0v) is 15.0. The van der Waals surface area contributed by atoms with Gasteiger partial charge in [-0.15, -0.1) is 10.2 Å². The second-order valence-electron chi connectivity index (χ2n) is 6.80. The third kappa shape index (κ3) is 3.44. The van der Waals surface area contributed by atoms with Gasteiger partial charge in [0.2, 0.25) is 0 Å². The number of hydrogen-bond donors (Lipinski definition) is 1. The highest BCUT2D eigenvalue weighted by Gasteiger charge is 2.26. The van der Waals surface area contributed by atoms with Crippen molar-refractivity contribution in [3.05, 3.63) is 34.9 Å². The van der Waals surface area contributed by atoms with Gasteiger partial charge in [0.15, 0.2) is 5.82 Å². The smallest absolute Gasteiger partial charge is 0.151 e. The van der Waals surface area contributed by atoms with Crippen molar-refractivity contribution >= 4 is 17.4 Å². The topological polar surface area (TPSA) is 64.3 Å². The Labute approximate surface area is 153 Å². The predicted octanol–water partition coefficient (Wildman–Crippen LogP) is 3.44. The molecule has 1 fully saturated rings. The Morgan fingerprint density at radius 3 is 2.60 bits per heavy atom. The molecule has 0 saturated carbocycles. The third-order valence-electron chi connectivity index (χ3n) is 4.98. The summed E-state index contributed by atoms with van der Waals surface area (Å²) in [7, 11) is 0. The molecule has 6 heteroatoms. The van der Waals surface area contributed by atoms with Gasteiger partial charge in [-0.3, -0.25) is 0 Å². The van der Waals surface area contributed by atoms with Crippen LogP contribution in [-0.4, -0.2) is 35.9 Å². The van der Waals surface area contributed by atoms with E-state index in [1.165, 1.54) is 25.7 Å². The van der Waals surface area contributed by atoms with Crippen molar-refractivity contribution in [3.63, 3.8) is 0 Å². The number of halogens is 1. The summed E-state index contributed by atoms with van der Waals surface area (Å²) in [5.41, 5.74) is 8.54. The Kier molecular flexibility index (Phi) is 4.77. The summed E-state index contributed by atoms with van der Waals surface area (Å²) in [6.45, 7) is 2.61. The van der Waals surface area contributed by atoms with Gasteiger partial charge in [0, 0.05) is 42.2 Å². The molecule has 0 unspecified atom stereocenters. The molecule has 1 aromatic carbocycles. The van der Waals surface area contributed by atoms with Gasteiger partial charge in [-0.05, 0) is 37.1 Å². The van der Waals surface area contributed by atoms with Crippen LogP contribution in [0.5, 0.6) is 5.75 Å². The second kappa shape index (κ2) is 7.18. The summed E-state index contributed by atoms with van der Waals surface area (Å²) in [6.07, 6.45) is 5.85. The SMILES string of the molecule is NC[C@H]1Cc2cc(Cl)cc(-c3ccc(N4CCCCCC4)nn3)c2O1. The van der Waals surface area contributed by atoms with Crippen LogP contribution in [0.15, 0.2) is 24.3 Å². The number of hydrogen-bond acceptors (Lipinski definition) is 5. The maximum absolute atomic E-state index is 6.30. The molecule has 2 aliphatic rings. The van der Waals surface area contributed by atoms with E-state index in [1.54, 1.807) is 0 Å². The predicted molar refractivity (Wildman–Crippen MR) is 100 cm³/mol. The molecule has 132 valence electrons. The zero-order chi connectivity index (χ0) is 17.2. The molecule has 5 nitrogen and oxygen atoms in total. The van der Waals surface area contributed by atoms with E-state index in [2.05, 4.69) is 21.2 Å². The minimum Gasteiger partial charge on any atom is -0.488 e. The molecule has 0 amide bonds. The van der Waals surface area contributed by atoms with Gasteiger partial charge in [0.05, 0.1) is 5.69 Å². The molecule has 0 spiro atoms. The van der Waals surface area contributed by atoms with Gasteiger partial charge in [-0.2, -0.15) is 0 Å². The van der Waals surface area contributed by atoms with Crippen LogP contribution in [0.2, 0.25) is 5.02 Å². The number of nitrogens with zero attached hydrogens (tertiary/aromatic N) is 3. The van der Waals surface area contributed by atoms with Gasteiger partial charge in [-0.25, -0.2) is 0 Å². The molecule has 0 bridgehead atoms. The van der Waals surface area contributed by atoms with E-state index in [0.717, 1.165) is 47.9 Å².